The minimum atomic E-state index is -3.78. The number of anilines is 1. The Morgan fingerprint density at radius 1 is 0.906 bits per heavy atom. The zero-order valence-electron chi connectivity index (χ0n) is 18.4. The molecule has 0 aliphatic rings. The Bertz CT molecular complexity index is 1120. The molecule has 0 heterocycles. The number of benzene rings is 3. The van der Waals surface area contributed by atoms with Crippen LogP contribution in [0.4, 0.5) is 5.69 Å². The van der Waals surface area contributed by atoms with Gasteiger partial charge in [0.1, 0.15) is 0 Å². The van der Waals surface area contributed by atoms with Gasteiger partial charge < -0.3 is 10.2 Å². The second kappa shape index (κ2) is 10.9. The normalized spacial score (nSPS) is 11.3. The Labute approximate surface area is 190 Å². The quantitative estimate of drug-likeness (QED) is 0.510. The topological polar surface area (TPSA) is 69.7 Å². The number of likely N-dealkylation sites (N-methyl/N-ethyl adjacent to an activating group) is 1. The van der Waals surface area contributed by atoms with Crippen molar-refractivity contribution in [1.29, 1.82) is 0 Å². The molecule has 0 unspecified atom stereocenters. The van der Waals surface area contributed by atoms with E-state index in [9.17, 15) is 13.2 Å². The van der Waals surface area contributed by atoms with Crippen molar-refractivity contribution >= 4 is 21.6 Å². The summed E-state index contributed by atoms with van der Waals surface area (Å²) in [6.07, 6.45) is 0. The number of hydrogen-bond acceptors (Lipinski definition) is 4. The van der Waals surface area contributed by atoms with Gasteiger partial charge in [0, 0.05) is 31.7 Å². The van der Waals surface area contributed by atoms with Crippen molar-refractivity contribution in [1.82, 2.24) is 10.2 Å². The number of nitrogens with one attached hydrogen (secondary N) is 1. The summed E-state index contributed by atoms with van der Waals surface area (Å²) in [6, 6.07) is 25.2. The van der Waals surface area contributed by atoms with Gasteiger partial charge in [-0.1, -0.05) is 54.6 Å². The lowest BCUT2D eigenvalue weighted by molar-refractivity contribution is 0.0949. The summed E-state index contributed by atoms with van der Waals surface area (Å²) in [6.45, 7) is 4.00. The molecule has 1 amide bonds. The lowest BCUT2D eigenvalue weighted by Crippen LogP contribution is -2.33. The largest absolute Gasteiger partial charge is 0.351 e. The summed E-state index contributed by atoms with van der Waals surface area (Å²) in [5, 5.41) is 2.88. The van der Waals surface area contributed by atoms with Crippen LogP contribution in [0, 0.1) is 0 Å². The van der Waals surface area contributed by atoms with E-state index in [2.05, 4.69) is 22.3 Å². The smallest absolute Gasteiger partial charge is 0.264 e. The zero-order chi connectivity index (χ0) is 23.0. The molecule has 0 fully saturated rings. The number of hydrogen-bond donors (Lipinski definition) is 1. The number of nitrogens with zero attached hydrogens (tertiary/aromatic N) is 2. The van der Waals surface area contributed by atoms with Gasteiger partial charge in [-0.2, -0.15) is 0 Å². The second-order valence-electron chi connectivity index (χ2n) is 7.51. The van der Waals surface area contributed by atoms with Gasteiger partial charge in [-0.25, -0.2) is 8.42 Å². The molecule has 6 nitrogen and oxygen atoms in total. The maximum absolute atomic E-state index is 13.2. The third kappa shape index (κ3) is 5.96. The average molecular weight is 452 g/mol. The predicted octanol–water partition coefficient (Wildman–Crippen LogP) is 3.76. The highest BCUT2D eigenvalue weighted by Gasteiger charge is 2.24. The number of carbonyl (C=O) groups excluding carboxylic acids is 1. The van der Waals surface area contributed by atoms with Crippen LogP contribution in [-0.2, 0) is 16.6 Å². The Kier molecular flexibility index (Phi) is 8.03. The molecule has 1 N–H and O–H groups in total. The van der Waals surface area contributed by atoms with Crippen molar-refractivity contribution in [2.24, 2.45) is 0 Å². The van der Waals surface area contributed by atoms with E-state index >= 15 is 0 Å². The molecular formula is C25H29N3O3S. The first kappa shape index (κ1) is 23.5. The second-order valence-corrected chi connectivity index (χ2v) is 9.37. The van der Waals surface area contributed by atoms with Gasteiger partial charge in [0.15, 0.2) is 0 Å². The molecule has 3 rings (SSSR count). The van der Waals surface area contributed by atoms with Gasteiger partial charge in [-0.3, -0.25) is 9.10 Å². The predicted molar refractivity (Wildman–Crippen MR) is 128 cm³/mol. The Balaban J connectivity index is 1.64. The number of amides is 1. The Hall–Kier alpha value is -3.16. The van der Waals surface area contributed by atoms with E-state index in [0.29, 0.717) is 24.3 Å². The lowest BCUT2D eigenvalue weighted by atomic mass is 10.2. The van der Waals surface area contributed by atoms with Crippen LogP contribution < -0.4 is 9.62 Å². The molecule has 0 spiro atoms. The van der Waals surface area contributed by atoms with Crippen molar-refractivity contribution in [3.63, 3.8) is 0 Å². The summed E-state index contributed by atoms with van der Waals surface area (Å²) >= 11 is 0. The average Bonchev–Trinajstić information content (AvgIpc) is 2.81. The molecule has 168 valence electrons. The van der Waals surface area contributed by atoms with Crippen LogP contribution in [0.5, 0.6) is 0 Å². The monoisotopic (exact) mass is 451 g/mol. The molecule has 0 radical (unpaired) electrons. The summed E-state index contributed by atoms with van der Waals surface area (Å²) in [4.78, 5) is 14.8. The lowest BCUT2D eigenvalue weighted by Gasteiger charge is -2.23. The third-order valence-electron chi connectivity index (χ3n) is 5.09. The summed E-state index contributed by atoms with van der Waals surface area (Å²) in [7, 11) is -1.79. The van der Waals surface area contributed by atoms with Crippen molar-refractivity contribution in [3.05, 3.63) is 96.1 Å². The van der Waals surface area contributed by atoms with E-state index in [4.69, 9.17) is 0 Å². The van der Waals surface area contributed by atoms with Gasteiger partial charge in [-0.15, -0.1) is 0 Å². The fraction of sp³-hybridized carbons (Fsp3) is 0.240. The first-order chi connectivity index (χ1) is 15.4. The molecule has 0 saturated carbocycles. The molecule has 0 atom stereocenters. The highest BCUT2D eigenvalue weighted by molar-refractivity contribution is 7.92. The Morgan fingerprint density at radius 3 is 2.22 bits per heavy atom. The van der Waals surface area contributed by atoms with Crippen LogP contribution in [0.1, 0.15) is 22.8 Å². The number of para-hydroxylation sites is 1. The van der Waals surface area contributed by atoms with E-state index in [1.807, 2.05) is 31.3 Å². The molecule has 7 heteroatoms. The third-order valence-corrected chi connectivity index (χ3v) is 6.99. The molecule has 3 aromatic carbocycles. The summed E-state index contributed by atoms with van der Waals surface area (Å²) in [5.41, 5.74) is 2.12. The molecule has 0 saturated heterocycles. The van der Waals surface area contributed by atoms with Crippen LogP contribution in [0.25, 0.3) is 0 Å². The SMILES string of the molecule is CCN(c1ccccc1)S(=O)(=O)c1cccc(C(=O)NCCN(C)Cc2ccccc2)c1. The van der Waals surface area contributed by atoms with Gasteiger partial charge in [0.05, 0.1) is 10.6 Å². The van der Waals surface area contributed by atoms with Crippen LogP contribution in [-0.4, -0.2) is 45.9 Å². The molecule has 0 aliphatic heterocycles. The first-order valence-electron chi connectivity index (χ1n) is 10.6. The number of carbonyl (C=O) groups is 1. The standard InChI is InChI=1S/C25H29N3O3S/c1-3-28(23-14-8-5-9-15-23)32(30,31)24-16-10-13-22(19-24)25(29)26-17-18-27(2)20-21-11-6-4-7-12-21/h4-16,19H,3,17-18,20H2,1-2H3,(H,26,29). The van der Waals surface area contributed by atoms with Gasteiger partial charge in [-0.05, 0) is 49.9 Å². The maximum atomic E-state index is 13.2. The molecule has 32 heavy (non-hydrogen) atoms. The highest BCUT2D eigenvalue weighted by Crippen LogP contribution is 2.23. The van der Waals surface area contributed by atoms with E-state index in [1.54, 1.807) is 43.3 Å². The van der Waals surface area contributed by atoms with Crippen molar-refractivity contribution in [3.8, 4) is 0 Å². The Morgan fingerprint density at radius 2 is 1.56 bits per heavy atom. The van der Waals surface area contributed by atoms with Gasteiger partial charge >= 0.3 is 0 Å². The molecular weight excluding hydrogens is 422 g/mol. The molecule has 0 aliphatic carbocycles. The van der Waals surface area contributed by atoms with Crippen molar-refractivity contribution < 1.29 is 13.2 Å². The van der Waals surface area contributed by atoms with Crippen LogP contribution in [0.3, 0.4) is 0 Å². The minimum absolute atomic E-state index is 0.0945. The van der Waals surface area contributed by atoms with E-state index < -0.39 is 10.0 Å². The molecule has 0 aromatic heterocycles. The maximum Gasteiger partial charge on any atom is 0.264 e. The molecule has 3 aromatic rings. The molecule has 0 bridgehead atoms. The van der Waals surface area contributed by atoms with Crippen molar-refractivity contribution in [2.45, 2.75) is 18.4 Å². The van der Waals surface area contributed by atoms with Crippen LogP contribution in [0.2, 0.25) is 0 Å². The fourth-order valence-corrected chi connectivity index (χ4v) is 4.97. The van der Waals surface area contributed by atoms with Crippen LogP contribution >= 0.6 is 0 Å². The van der Waals surface area contributed by atoms with Gasteiger partial charge in [0.25, 0.3) is 15.9 Å². The van der Waals surface area contributed by atoms with Gasteiger partial charge in [0.2, 0.25) is 0 Å². The minimum Gasteiger partial charge on any atom is -0.351 e. The van der Waals surface area contributed by atoms with E-state index in [0.717, 1.165) is 6.54 Å². The number of sulfonamides is 1. The van der Waals surface area contributed by atoms with E-state index in [-0.39, 0.29) is 17.3 Å². The fourth-order valence-electron chi connectivity index (χ4n) is 3.45. The summed E-state index contributed by atoms with van der Waals surface area (Å²) < 4.78 is 27.7. The van der Waals surface area contributed by atoms with Crippen molar-refractivity contribution in [2.75, 3.05) is 31.0 Å². The highest BCUT2D eigenvalue weighted by atomic mass is 32.2. The number of rotatable bonds is 10. The van der Waals surface area contributed by atoms with E-state index in [1.165, 1.54) is 22.0 Å². The first-order valence-corrected chi connectivity index (χ1v) is 12.0. The summed E-state index contributed by atoms with van der Waals surface area (Å²) in [5.74, 6) is -0.294. The van der Waals surface area contributed by atoms with Crippen LogP contribution in [0.15, 0.2) is 89.8 Å². The zero-order valence-corrected chi connectivity index (χ0v) is 19.3.